The molecule has 1 N–H and O–H groups in total. The molecule has 0 heterocycles. The molecule has 0 saturated carbocycles. The van der Waals surface area contributed by atoms with Gasteiger partial charge in [0.15, 0.2) is 9.92 Å². The highest BCUT2D eigenvalue weighted by molar-refractivity contribution is 7.93. The van der Waals surface area contributed by atoms with Crippen LogP contribution in [0.4, 0.5) is 0 Å². The molecule has 6 nitrogen and oxygen atoms in total. The fourth-order valence-electron chi connectivity index (χ4n) is 1.88. The summed E-state index contributed by atoms with van der Waals surface area (Å²) in [5.74, 6) is 0. The Bertz CT molecular complexity index is 885. The van der Waals surface area contributed by atoms with E-state index >= 15 is 0 Å². The van der Waals surface area contributed by atoms with Crippen LogP contribution in [0.2, 0.25) is 0 Å². The quantitative estimate of drug-likeness (QED) is 0.837. The van der Waals surface area contributed by atoms with Gasteiger partial charge in [0.2, 0.25) is 0 Å². The highest BCUT2D eigenvalue weighted by atomic mass is 32.2. The first kappa shape index (κ1) is 17.6. The molecule has 0 aromatic heterocycles. The van der Waals surface area contributed by atoms with E-state index < -0.39 is 19.9 Å². The number of hydrogen-bond acceptors (Lipinski definition) is 4. The molecule has 0 radical (unpaired) electrons. The third-order valence-electron chi connectivity index (χ3n) is 3.24. The van der Waals surface area contributed by atoms with E-state index in [0.717, 1.165) is 9.98 Å². The SMILES string of the molecule is CNS(=O)(=NN(C)S(=O)(=O)c1ccccc1)c1ccc(C)cc1. The minimum Gasteiger partial charge on any atom is -0.229 e. The van der Waals surface area contributed by atoms with Gasteiger partial charge in [0, 0.05) is 7.05 Å². The maximum absolute atomic E-state index is 13.0. The van der Waals surface area contributed by atoms with E-state index in [2.05, 4.69) is 9.19 Å². The van der Waals surface area contributed by atoms with Crippen LogP contribution in [-0.2, 0) is 19.9 Å². The Morgan fingerprint density at radius 3 is 2.00 bits per heavy atom. The lowest BCUT2D eigenvalue weighted by molar-refractivity contribution is 0.489. The summed E-state index contributed by atoms with van der Waals surface area (Å²) in [6.45, 7) is 1.91. The minimum atomic E-state index is -3.85. The molecule has 0 fully saturated rings. The molecule has 0 bridgehead atoms. The van der Waals surface area contributed by atoms with Gasteiger partial charge in [0.1, 0.15) is 0 Å². The van der Waals surface area contributed by atoms with Gasteiger partial charge in [0.25, 0.3) is 10.0 Å². The Morgan fingerprint density at radius 2 is 1.48 bits per heavy atom. The Kier molecular flexibility index (Phi) is 5.20. The van der Waals surface area contributed by atoms with Crippen LogP contribution in [0.1, 0.15) is 5.56 Å². The van der Waals surface area contributed by atoms with Crippen LogP contribution >= 0.6 is 0 Å². The van der Waals surface area contributed by atoms with Crippen molar-refractivity contribution in [2.45, 2.75) is 16.7 Å². The summed E-state index contributed by atoms with van der Waals surface area (Å²) in [6.07, 6.45) is 0. The maximum Gasteiger partial charge on any atom is 0.261 e. The van der Waals surface area contributed by atoms with Crippen LogP contribution in [-0.4, -0.2) is 31.1 Å². The zero-order chi connectivity index (χ0) is 17.1. The molecule has 1 atom stereocenters. The second-order valence-corrected chi connectivity index (χ2v) is 8.92. The van der Waals surface area contributed by atoms with Gasteiger partial charge in [-0.25, -0.2) is 17.3 Å². The van der Waals surface area contributed by atoms with Crippen molar-refractivity contribution in [3.8, 4) is 0 Å². The van der Waals surface area contributed by atoms with Crippen LogP contribution in [0.3, 0.4) is 0 Å². The van der Waals surface area contributed by atoms with Gasteiger partial charge in [-0.2, -0.15) is 0 Å². The highest BCUT2D eigenvalue weighted by Crippen LogP contribution is 2.18. The molecule has 2 aromatic rings. The average Bonchev–Trinajstić information content (AvgIpc) is 2.56. The van der Waals surface area contributed by atoms with E-state index in [4.69, 9.17) is 0 Å². The van der Waals surface area contributed by atoms with Crippen LogP contribution in [0.15, 0.2) is 68.9 Å². The molecule has 124 valence electrons. The number of hydrogen-bond donors (Lipinski definition) is 1. The van der Waals surface area contributed by atoms with Crippen molar-refractivity contribution in [2.24, 2.45) is 4.47 Å². The van der Waals surface area contributed by atoms with Crippen LogP contribution in [0, 0.1) is 6.92 Å². The average molecular weight is 353 g/mol. The summed E-state index contributed by atoms with van der Waals surface area (Å²) < 4.78 is 45.3. The molecular formula is C15H19N3O3S2. The summed E-state index contributed by atoms with van der Waals surface area (Å²) in [6, 6.07) is 14.8. The third-order valence-corrected chi connectivity index (χ3v) is 6.92. The fraction of sp³-hybridized carbons (Fsp3) is 0.200. The number of nitrogens with one attached hydrogen (secondary N) is 1. The van der Waals surface area contributed by atoms with Crippen molar-refractivity contribution in [3.05, 3.63) is 60.2 Å². The van der Waals surface area contributed by atoms with Gasteiger partial charge in [0.05, 0.1) is 9.79 Å². The van der Waals surface area contributed by atoms with Gasteiger partial charge in [-0.05, 0) is 38.2 Å². The molecule has 0 aliphatic heterocycles. The number of sulfonamides is 1. The second kappa shape index (κ2) is 6.79. The number of aryl methyl sites for hydroxylation is 1. The van der Waals surface area contributed by atoms with Crippen LogP contribution in [0.25, 0.3) is 0 Å². The van der Waals surface area contributed by atoms with Crippen molar-refractivity contribution in [1.82, 2.24) is 9.14 Å². The Hall–Kier alpha value is -1.74. The molecule has 0 spiro atoms. The fourth-order valence-corrected chi connectivity index (χ4v) is 4.56. The smallest absolute Gasteiger partial charge is 0.229 e. The molecule has 1 unspecified atom stereocenters. The first-order valence-electron chi connectivity index (χ1n) is 6.86. The molecule has 23 heavy (non-hydrogen) atoms. The minimum absolute atomic E-state index is 0.0907. The van der Waals surface area contributed by atoms with E-state index in [1.165, 1.54) is 26.2 Å². The summed E-state index contributed by atoms with van der Waals surface area (Å²) in [5, 5.41) is 0. The second-order valence-electron chi connectivity index (χ2n) is 4.88. The summed E-state index contributed by atoms with van der Waals surface area (Å²) in [7, 11) is -4.19. The van der Waals surface area contributed by atoms with E-state index in [9.17, 15) is 12.6 Å². The molecule has 2 rings (SSSR count). The molecule has 0 aliphatic carbocycles. The standard InChI is InChI=1S/C15H19N3O3S2/c1-13-9-11-14(12-10-13)22(19,16-2)17-18(3)23(20,21)15-7-5-4-6-8-15/h4-12H,1-3H3,(H,16,17,19). The van der Waals surface area contributed by atoms with Crippen molar-refractivity contribution >= 4 is 19.9 Å². The molecular weight excluding hydrogens is 334 g/mol. The normalized spacial score (nSPS) is 14.4. The number of rotatable bonds is 5. The first-order chi connectivity index (χ1) is 10.8. The van der Waals surface area contributed by atoms with E-state index in [1.54, 1.807) is 42.5 Å². The van der Waals surface area contributed by atoms with E-state index in [-0.39, 0.29) is 4.90 Å². The molecule has 0 saturated heterocycles. The molecule has 2 aromatic carbocycles. The van der Waals surface area contributed by atoms with Crippen molar-refractivity contribution in [2.75, 3.05) is 14.1 Å². The van der Waals surface area contributed by atoms with Crippen LogP contribution < -0.4 is 4.72 Å². The topological polar surface area (TPSA) is 78.8 Å². The lowest BCUT2D eigenvalue weighted by Crippen LogP contribution is -2.27. The Morgan fingerprint density at radius 1 is 0.913 bits per heavy atom. The van der Waals surface area contributed by atoms with Crippen molar-refractivity contribution < 1.29 is 12.6 Å². The maximum atomic E-state index is 13.0. The first-order valence-corrected chi connectivity index (χ1v) is 9.81. The van der Waals surface area contributed by atoms with Gasteiger partial charge in [-0.3, -0.25) is 0 Å². The van der Waals surface area contributed by atoms with Crippen LogP contribution in [0.5, 0.6) is 0 Å². The van der Waals surface area contributed by atoms with Gasteiger partial charge < -0.3 is 0 Å². The molecule has 0 aliphatic rings. The number of nitrogens with zero attached hydrogens (tertiary/aromatic N) is 2. The molecule has 8 heteroatoms. The van der Waals surface area contributed by atoms with Gasteiger partial charge in [-0.15, -0.1) is 4.47 Å². The van der Waals surface area contributed by atoms with E-state index in [0.29, 0.717) is 4.90 Å². The Balaban J connectivity index is 2.49. The van der Waals surface area contributed by atoms with Gasteiger partial charge in [-0.1, -0.05) is 40.3 Å². The lowest BCUT2D eigenvalue weighted by Gasteiger charge is -2.16. The number of benzene rings is 2. The predicted octanol–water partition coefficient (Wildman–Crippen LogP) is 2.19. The highest BCUT2D eigenvalue weighted by Gasteiger charge is 2.23. The Labute approximate surface area is 137 Å². The summed E-state index contributed by atoms with van der Waals surface area (Å²) in [4.78, 5) is 0.508. The molecule has 0 amide bonds. The third kappa shape index (κ3) is 3.78. The monoisotopic (exact) mass is 353 g/mol. The van der Waals surface area contributed by atoms with Gasteiger partial charge >= 0.3 is 0 Å². The zero-order valence-corrected chi connectivity index (χ0v) is 14.8. The van der Waals surface area contributed by atoms with Crippen molar-refractivity contribution in [3.63, 3.8) is 0 Å². The zero-order valence-electron chi connectivity index (χ0n) is 13.1. The van der Waals surface area contributed by atoms with Crippen molar-refractivity contribution in [1.29, 1.82) is 0 Å². The van der Waals surface area contributed by atoms with E-state index in [1.807, 2.05) is 6.92 Å². The summed E-state index contributed by atoms with van der Waals surface area (Å²) >= 11 is 0. The largest absolute Gasteiger partial charge is 0.261 e. The summed E-state index contributed by atoms with van der Waals surface area (Å²) in [5.41, 5.74) is 1.01. The predicted molar refractivity (Wildman–Crippen MR) is 90.5 cm³/mol. The lowest BCUT2D eigenvalue weighted by atomic mass is 10.2.